The van der Waals surface area contributed by atoms with Gasteiger partial charge in [0.25, 0.3) is 5.56 Å². The summed E-state index contributed by atoms with van der Waals surface area (Å²) < 4.78 is 10.9. The minimum absolute atomic E-state index is 0.221. The maximum atomic E-state index is 12.2. The van der Waals surface area contributed by atoms with Crippen LogP contribution < -0.4 is 20.1 Å². The zero-order chi connectivity index (χ0) is 18.0. The van der Waals surface area contributed by atoms with Gasteiger partial charge in [-0.15, -0.1) is 0 Å². The molecule has 0 amide bonds. The normalized spacial score (nSPS) is 10.6. The van der Waals surface area contributed by atoms with Crippen LogP contribution in [0.15, 0.2) is 45.7 Å². The number of fused-ring (bicyclic) bond motifs is 1. The monoisotopic (exact) mass is 403 g/mol. The molecule has 128 valence electrons. The van der Waals surface area contributed by atoms with Crippen molar-refractivity contribution in [3.63, 3.8) is 0 Å². The number of nitrogens with zero attached hydrogens (tertiary/aromatic N) is 1. The Balaban J connectivity index is 2.10. The second kappa shape index (κ2) is 6.94. The molecule has 0 aliphatic heterocycles. The number of hydrogen-bond acceptors (Lipinski definition) is 6. The average molecular weight is 404 g/mol. The van der Waals surface area contributed by atoms with Crippen LogP contribution in [0.4, 0.5) is 0 Å². The van der Waals surface area contributed by atoms with Crippen molar-refractivity contribution in [2.24, 2.45) is 0 Å². The van der Waals surface area contributed by atoms with E-state index >= 15 is 0 Å². The van der Waals surface area contributed by atoms with E-state index in [1.54, 1.807) is 36.4 Å². The molecule has 1 aromatic heterocycles. The van der Waals surface area contributed by atoms with Crippen molar-refractivity contribution in [1.82, 2.24) is 9.97 Å². The summed E-state index contributed by atoms with van der Waals surface area (Å²) in [5.41, 5.74) is 0.883. The van der Waals surface area contributed by atoms with Gasteiger partial charge >= 0.3 is 0 Å². The first-order chi connectivity index (χ1) is 12.0. The first-order valence-electron chi connectivity index (χ1n) is 7.19. The first-order valence-corrected chi connectivity index (χ1v) is 7.98. The molecule has 0 aliphatic carbocycles. The Bertz CT molecular complexity index is 1020. The molecule has 0 aliphatic rings. The molecule has 0 saturated heterocycles. The van der Waals surface area contributed by atoms with Gasteiger partial charge in [0.05, 0.1) is 28.5 Å². The van der Waals surface area contributed by atoms with Crippen LogP contribution in [0.1, 0.15) is 0 Å². The smallest absolute Gasteiger partial charge is 0.259 e. The highest BCUT2D eigenvalue weighted by Gasteiger charge is 2.15. The van der Waals surface area contributed by atoms with Gasteiger partial charge in [-0.3, -0.25) is 4.79 Å². The number of carboxylic acids is 1. The van der Waals surface area contributed by atoms with Crippen LogP contribution in [0.5, 0.6) is 11.5 Å². The number of aromatic nitrogens is 2. The maximum Gasteiger partial charge on any atom is 0.259 e. The lowest BCUT2D eigenvalue weighted by Crippen LogP contribution is -2.29. The van der Waals surface area contributed by atoms with Gasteiger partial charge in [0.1, 0.15) is 12.4 Å². The molecular weight excluding hydrogens is 392 g/mol. The van der Waals surface area contributed by atoms with Crippen LogP contribution in [-0.2, 0) is 4.79 Å². The molecule has 0 fully saturated rings. The number of para-hydroxylation sites is 1. The van der Waals surface area contributed by atoms with E-state index in [1.807, 2.05) is 0 Å². The number of rotatable bonds is 5. The number of carboxylic acid groups (broad SMARTS) is 1. The Morgan fingerprint density at radius 1 is 1.32 bits per heavy atom. The lowest BCUT2D eigenvalue weighted by Gasteiger charge is -2.14. The zero-order valence-electron chi connectivity index (χ0n) is 13.0. The molecule has 0 saturated carbocycles. The summed E-state index contributed by atoms with van der Waals surface area (Å²) in [5, 5.41) is 11.1. The number of halogens is 1. The summed E-state index contributed by atoms with van der Waals surface area (Å²) >= 11 is 3.32. The fourth-order valence-electron chi connectivity index (χ4n) is 2.35. The van der Waals surface area contributed by atoms with Gasteiger partial charge in [0, 0.05) is 5.56 Å². The van der Waals surface area contributed by atoms with Crippen LogP contribution in [0.2, 0.25) is 0 Å². The van der Waals surface area contributed by atoms with E-state index < -0.39 is 12.6 Å². The molecule has 0 atom stereocenters. The minimum atomic E-state index is -1.35. The summed E-state index contributed by atoms with van der Waals surface area (Å²) in [4.78, 5) is 30.0. The van der Waals surface area contributed by atoms with Crippen LogP contribution in [-0.4, -0.2) is 29.7 Å². The largest absolute Gasteiger partial charge is 0.546 e. The summed E-state index contributed by atoms with van der Waals surface area (Å²) in [6, 6.07) is 10.3. The van der Waals surface area contributed by atoms with Crippen molar-refractivity contribution < 1.29 is 19.4 Å². The SMILES string of the molecule is COc1cc(-c2nc3ccccc3c(=O)[nH]2)cc(Br)c1OCC(=O)[O-]. The Hall–Kier alpha value is -2.87. The number of nitrogens with one attached hydrogen (secondary N) is 1. The molecule has 0 unspecified atom stereocenters. The van der Waals surface area contributed by atoms with Gasteiger partial charge in [-0.1, -0.05) is 12.1 Å². The molecule has 3 aromatic rings. The summed E-state index contributed by atoms with van der Waals surface area (Å²) in [5.74, 6) is -0.479. The number of carbonyl (C=O) groups excluding carboxylic acids is 1. The zero-order valence-corrected chi connectivity index (χ0v) is 14.6. The van der Waals surface area contributed by atoms with Gasteiger partial charge in [-0.25, -0.2) is 4.98 Å². The second-order valence-electron chi connectivity index (χ2n) is 5.08. The number of benzene rings is 2. The summed E-state index contributed by atoms with van der Waals surface area (Å²) in [6.45, 7) is -0.612. The van der Waals surface area contributed by atoms with Crippen molar-refractivity contribution in [2.45, 2.75) is 0 Å². The molecule has 1 heterocycles. The molecule has 2 aromatic carbocycles. The number of aliphatic carboxylic acids is 1. The van der Waals surface area contributed by atoms with E-state index in [9.17, 15) is 14.7 Å². The Kier molecular flexibility index (Phi) is 4.71. The van der Waals surface area contributed by atoms with Crippen LogP contribution >= 0.6 is 15.9 Å². The molecule has 0 bridgehead atoms. The standard InChI is InChI=1S/C17H13BrN2O5/c1-24-13-7-9(6-11(18)15(13)25-8-14(21)22)16-19-12-5-3-2-4-10(12)17(23)20-16/h2-7H,8H2,1H3,(H,21,22)(H,19,20,23)/p-1. The van der Waals surface area contributed by atoms with Crippen molar-refractivity contribution in [1.29, 1.82) is 0 Å². The van der Waals surface area contributed by atoms with Crippen molar-refractivity contribution >= 4 is 32.8 Å². The molecule has 3 rings (SSSR count). The van der Waals surface area contributed by atoms with E-state index in [0.29, 0.717) is 32.5 Å². The highest BCUT2D eigenvalue weighted by atomic mass is 79.9. The van der Waals surface area contributed by atoms with Crippen LogP contribution in [0.25, 0.3) is 22.3 Å². The number of ether oxygens (including phenoxy) is 2. The molecule has 0 radical (unpaired) electrons. The molecular formula is C17H12BrN2O5-. The molecule has 1 N–H and O–H groups in total. The van der Waals surface area contributed by atoms with E-state index in [-0.39, 0.29) is 11.3 Å². The fraction of sp³-hybridized carbons (Fsp3) is 0.118. The average Bonchev–Trinajstić information content (AvgIpc) is 2.59. The quantitative estimate of drug-likeness (QED) is 0.691. The number of methoxy groups -OCH3 is 1. The van der Waals surface area contributed by atoms with Gasteiger partial charge in [-0.05, 0) is 40.2 Å². The topological polar surface area (TPSA) is 104 Å². The molecule has 25 heavy (non-hydrogen) atoms. The summed E-state index contributed by atoms with van der Waals surface area (Å²) in [6.07, 6.45) is 0. The Morgan fingerprint density at radius 3 is 2.80 bits per heavy atom. The van der Waals surface area contributed by atoms with E-state index in [2.05, 4.69) is 25.9 Å². The third-order valence-electron chi connectivity index (χ3n) is 3.45. The molecule has 0 spiro atoms. The van der Waals surface area contributed by atoms with Crippen LogP contribution in [0, 0.1) is 0 Å². The van der Waals surface area contributed by atoms with E-state index in [0.717, 1.165) is 0 Å². The Morgan fingerprint density at radius 2 is 2.08 bits per heavy atom. The van der Waals surface area contributed by atoms with E-state index in [4.69, 9.17) is 9.47 Å². The van der Waals surface area contributed by atoms with Crippen molar-refractivity contribution in [3.8, 4) is 22.9 Å². The van der Waals surface area contributed by atoms with Gasteiger partial charge in [0.2, 0.25) is 0 Å². The highest BCUT2D eigenvalue weighted by Crippen LogP contribution is 2.39. The Labute approximate surface area is 150 Å². The predicted molar refractivity (Wildman–Crippen MR) is 92.6 cm³/mol. The minimum Gasteiger partial charge on any atom is -0.546 e. The van der Waals surface area contributed by atoms with Gasteiger partial charge in [0.15, 0.2) is 11.5 Å². The number of aromatic amines is 1. The molecule has 7 nitrogen and oxygen atoms in total. The number of carbonyl (C=O) groups is 1. The van der Waals surface area contributed by atoms with Gasteiger partial charge < -0.3 is 24.4 Å². The first kappa shape index (κ1) is 17.0. The third kappa shape index (κ3) is 3.48. The van der Waals surface area contributed by atoms with E-state index in [1.165, 1.54) is 7.11 Å². The number of hydrogen-bond donors (Lipinski definition) is 1. The summed E-state index contributed by atoms with van der Waals surface area (Å²) in [7, 11) is 1.42. The molecule has 8 heteroatoms. The number of H-pyrrole nitrogens is 1. The lowest BCUT2D eigenvalue weighted by atomic mass is 10.1. The third-order valence-corrected chi connectivity index (χ3v) is 4.04. The maximum absolute atomic E-state index is 12.2. The second-order valence-corrected chi connectivity index (χ2v) is 5.94. The van der Waals surface area contributed by atoms with Gasteiger partial charge in [-0.2, -0.15) is 0 Å². The van der Waals surface area contributed by atoms with Crippen LogP contribution in [0.3, 0.4) is 0 Å². The van der Waals surface area contributed by atoms with Crippen molar-refractivity contribution in [3.05, 3.63) is 51.2 Å². The highest BCUT2D eigenvalue weighted by molar-refractivity contribution is 9.10. The van der Waals surface area contributed by atoms with Crippen molar-refractivity contribution in [2.75, 3.05) is 13.7 Å². The predicted octanol–water partition coefficient (Wildman–Crippen LogP) is 1.49. The fourth-order valence-corrected chi connectivity index (χ4v) is 2.91. The lowest BCUT2D eigenvalue weighted by molar-refractivity contribution is -0.307.